The van der Waals surface area contributed by atoms with E-state index in [1.807, 2.05) is 4.57 Å². The summed E-state index contributed by atoms with van der Waals surface area (Å²) in [6, 6.07) is 0. The number of carbonyl (C=O) groups excluding carboxylic acids is 1. The number of imidazole rings is 1. The normalized spacial score (nSPS) is 12.6. The molecule has 1 N–H and O–H groups in total. The van der Waals surface area contributed by atoms with Crippen molar-refractivity contribution in [2.75, 3.05) is 6.54 Å². The molecule has 1 aromatic rings. The van der Waals surface area contributed by atoms with Crippen molar-refractivity contribution in [1.29, 1.82) is 0 Å². The molecule has 18 heavy (non-hydrogen) atoms. The van der Waals surface area contributed by atoms with Crippen LogP contribution in [-0.4, -0.2) is 28.1 Å². The van der Waals surface area contributed by atoms with E-state index in [2.05, 4.69) is 26.2 Å². The number of nitrogens with one attached hydrogen (secondary N) is 1. The highest BCUT2D eigenvalue weighted by Crippen LogP contribution is 2.23. The van der Waals surface area contributed by atoms with E-state index < -0.39 is 16.4 Å². The van der Waals surface area contributed by atoms with E-state index in [0.717, 1.165) is 6.20 Å². The fourth-order valence-corrected chi connectivity index (χ4v) is 1.53. The second-order valence-corrected chi connectivity index (χ2v) is 4.28. The molecule has 1 aromatic heterocycles. The molecule has 0 atom stereocenters. The van der Waals surface area contributed by atoms with Gasteiger partial charge in [0.05, 0.1) is 10.8 Å². The Kier molecular flexibility index (Phi) is 5.39. The number of hydrogen-bond donors (Lipinski definition) is 1. The molecule has 0 aliphatic carbocycles. The maximum absolute atomic E-state index is 12.0. The Labute approximate surface area is 110 Å². The Bertz CT molecular complexity index is 415. The van der Waals surface area contributed by atoms with Gasteiger partial charge < -0.3 is 9.88 Å². The number of carbonyl (C=O) groups is 1. The van der Waals surface area contributed by atoms with Crippen LogP contribution >= 0.6 is 15.9 Å². The minimum Gasteiger partial charge on any atom is -0.390 e. The minimum atomic E-state index is -4.85. The first-order valence-electron chi connectivity index (χ1n) is 5.07. The fraction of sp³-hybridized carbons (Fsp3) is 0.400. The molecule has 0 aromatic carbocycles. The number of rotatable bonds is 6. The molecule has 0 saturated carbocycles. The zero-order valence-electron chi connectivity index (χ0n) is 9.25. The molecule has 0 spiro atoms. The summed E-state index contributed by atoms with van der Waals surface area (Å²) in [5, 5.41) is 2.64. The summed E-state index contributed by atoms with van der Waals surface area (Å²) in [6.45, 7) is 1.16. The standard InChI is InChI=1S/C10H11BrF3N3O/c11-8(9(18)10(12,13)14)6-15-2-1-4-17-5-3-16-7-17/h3,5-7,15H,1-2,4H2. The summed E-state index contributed by atoms with van der Waals surface area (Å²) in [5.41, 5.74) is 0. The van der Waals surface area contributed by atoms with Gasteiger partial charge in [-0.25, -0.2) is 4.98 Å². The molecular formula is C10H11BrF3N3O. The van der Waals surface area contributed by atoms with Crippen molar-refractivity contribution in [3.05, 3.63) is 29.4 Å². The van der Waals surface area contributed by atoms with E-state index >= 15 is 0 Å². The molecule has 0 aliphatic rings. The van der Waals surface area contributed by atoms with Crippen molar-refractivity contribution in [2.45, 2.75) is 19.1 Å². The Morgan fingerprint density at radius 1 is 1.50 bits per heavy atom. The van der Waals surface area contributed by atoms with Crippen molar-refractivity contribution in [3.8, 4) is 0 Å². The highest BCUT2D eigenvalue weighted by molar-refractivity contribution is 9.12. The van der Waals surface area contributed by atoms with Gasteiger partial charge in [-0.1, -0.05) is 0 Å². The summed E-state index contributed by atoms with van der Waals surface area (Å²) >= 11 is 2.58. The number of halogens is 4. The number of nitrogens with zero attached hydrogens (tertiary/aromatic N) is 2. The lowest BCUT2D eigenvalue weighted by atomic mass is 10.3. The second kappa shape index (κ2) is 6.58. The van der Waals surface area contributed by atoms with Gasteiger partial charge in [0.25, 0.3) is 5.78 Å². The average molecular weight is 326 g/mol. The van der Waals surface area contributed by atoms with E-state index in [-0.39, 0.29) is 0 Å². The van der Waals surface area contributed by atoms with Crippen LogP contribution in [0.25, 0.3) is 0 Å². The van der Waals surface area contributed by atoms with Gasteiger partial charge in [-0.3, -0.25) is 4.79 Å². The lowest BCUT2D eigenvalue weighted by molar-refractivity contribution is -0.165. The molecular weight excluding hydrogens is 315 g/mol. The van der Waals surface area contributed by atoms with E-state index in [0.29, 0.717) is 19.5 Å². The van der Waals surface area contributed by atoms with Gasteiger partial charge in [-0.05, 0) is 22.4 Å². The quantitative estimate of drug-likeness (QED) is 0.644. The first kappa shape index (κ1) is 14.7. The van der Waals surface area contributed by atoms with Crippen LogP contribution in [0.4, 0.5) is 13.2 Å². The van der Waals surface area contributed by atoms with Gasteiger partial charge in [0.2, 0.25) is 0 Å². The molecule has 0 bridgehead atoms. The number of ketones is 1. The van der Waals surface area contributed by atoms with Crippen LogP contribution in [0.3, 0.4) is 0 Å². The van der Waals surface area contributed by atoms with Gasteiger partial charge >= 0.3 is 6.18 Å². The van der Waals surface area contributed by atoms with Crippen LogP contribution in [0.2, 0.25) is 0 Å². The lowest BCUT2D eigenvalue weighted by Crippen LogP contribution is -2.23. The summed E-state index contributed by atoms with van der Waals surface area (Å²) in [7, 11) is 0. The van der Waals surface area contributed by atoms with E-state index in [9.17, 15) is 18.0 Å². The summed E-state index contributed by atoms with van der Waals surface area (Å²) in [4.78, 5) is 14.6. The number of hydrogen-bond acceptors (Lipinski definition) is 3. The minimum absolute atomic E-state index is 0.457. The molecule has 0 unspecified atom stereocenters. The molecule has 8 heteroatoms. The Morgan fingerprint density at radius 3 is 2.78 bits per heavy atom. The van der Waals surface area contributed by atoms with E-state index in [1.54, 1.807) is 18.7 Å². The zero-order valence-corrected chi connectivity index (χ0v) is 10.8. The van der Waals surface area contributed by atoms with Gasteiger partial charge in [-0.2, -0.15) is 13.2 Å². The van der Waals surface area contributed by atoms with Gasteiger partial charge in [-0.15, -0.1) is 0 Å². The molecule has 100 valence electrons. The summed E-state index contributed by atoms with van der Waals surface area (Å²) in [6.07, 6.45) is 1.95. The number of alkyl halides is 3. The van der Waals surface area contributed by atoms with E-state index in [1.165, 1.54) is 0 Å². The molecule has 0 fully saturated rings. The van der Waals surface area contributed by atoms with Crippen molar-refractivity contribution in [3.63, 3.8) is 0 Å². The number of aromatic nitrogens is 2. The van der Waals surface area contributed by atoms with Gasteiger partial charge in [0, 0.05) is 31.7 Å². The van der Waals surface area contributed by atoms with E-state index in [4.69, 9.17) is 0 Å². The average Bonchev–Trinajstić information content (AvgIpc) is 2.79. The van der Waals surface area contributed by atoms with Crippen LogP contribution in [0.5, 0.6) is 0 Å². The highest BCUT2D eigenvalue weighted by atomic mass is 79.9. The first-order chi connectivity index (χ1) is 8.41. The van der Waals surface area contributed by atoms with Crippen molar-refractivity contribution < 1.29 is 18.0 Å². The molecule has 0 saturated heterocycles. The highest BCUT2D eigenvalue weighted by Gasteiger charge is 2.39. The Morgan fingerprint density at radius 2 is 2.22 bits per heavy atom. The molecule has 4 nitrogen and oxygen atoms in total. The van der Waals surface area contributed by atoms with Crippen molar-refractivity contribution in [1.82, 2.24) is 14.9 Å². The first-order valence-corrected chi connectivity index (χ1v) is 5.87. The van der Waals surface area contributed by atoms with Crippen LogP contribution < -0.4 is 5.32 Å². The maximum Gasteiger partial charge on any atom is 0.455 e. The molecule has 1 heterocycles. The number of aryl methyl sites for hydroxylation is 1. The summed E-state index contributed by atoms with van der Waals surface area (Å²) in [5.74, 6) is -1.90. The maximum atomic E-state index is 12.0. The monoisotopic (exact) mass is 325 g/mol. The smallest absolute Gasteiger partial charge is 0.390 e. The van der Waals surface area contributed by atoms with Crippen molar-refractivity contribution in [2.24, 2.45) is 0 Å². The third kappa shape index (κ3) is 4.91. The Hall–Kier alpha value is -1.31. The third-order valence-corrected chi connectivity index (χ3v) is 2.59. The van der Waals surface area contributed by atoms with Gasteiger partial charge in [0.15, 0.2) is 0 Å². The Balaban J connectivity index is 2.26. The third-order valence-electron chi connectivity index (χ3n) is 2.00. The second-order valence-electron chi connectivity index (χ2n) is 3.43. The largest absolute Gasteiger partial charge is 0.455 e. The topological polar surface area (TPSA) is 46.9 Å². The van der Waals surface area contributed by atoms with Crippen molar-refractivity contribution >= 4 is 21.7 Å². The molecule has 0 radical (unpaired) electrons. The van der Waals surface area contributed by atoms with Crippen LogP contribution in [0, 0.1) is 0 Å². The van der Waals surface area contributed by atoms with Gasteiger partial charge in [0.1, 0.15) is 0 Å². The SMILES string of the molecule is O=C(C(Br)=CNCCCn1ccnc1)C(F)(F)F. The lowest BCUT2D eigenvalue weighted by Gasteiger charge is -2.05. The fourth-order valence-electron chi connectivity index (χ4n) is 1.15. The molecule has 1 rings (SSSR count). The van der Waals surface area contributed by atoms with Crippen LogP contribution in [0.15, 0.2) is 29.4 Å². The predicted octanol–water partition coefficient (Wildman–Crippen LogP) is 2.23. The number of Topliss-reactive ketones (excluding diaryl/α,β-unsaturated/α-hetero) is 1. The van der Waals surface area contributed by atoms with Crippen LogP contribution in [0.1, 0.15) is 6.42 Å². The predicted molar refractivity (Wildman–Crippen MR) is 62.9 cm³/mol. The zero-order chi connectivity index (χ0) is 13.6. The summed E-state index contributed by atoms with van der Waals surface area (Å²) < 4.78 is 37.3. The van der Waals surface area contributed by atoms with Crippen LogP contribution in [-0.2, 0) is 11.3 Å². The molecule has 0 aliphatic heterocycles. The molecule has 0 amide bonds. The number of allylic oxidation sites excluding steroid dienone is 1.